The summed E-state index contributed by atoms with van der Waals surface area (Å²) < 4.78 is 11.6. The molecule has 6 atom stereocenters. The number of amides is 2. The Morgan fingerprint density at radius 2 is 2.17 bits per heavy atom. The molecule has 156 valence electrons. The van der Waals surface area contributed by atoms with E-state index in [4.69, 9.17) is 9.47 Å². The number of likely N-dealkylation sites (tertiary alicyclic amines) is 1. The molecule has 6 rings (SSSR count). The monoisotopic (exact) mass is 410 g/mol. The Balaban J connectivity index is 1.51. The fraction of sp³-hybridized carbons (Fsp3) is 0.500. The molecule has 8 heteroatoms. The number of methoxy groups -OCH3 is 1. The lowest BCUT2D eigenvalue weighted by Crippen LogP contribution is -2.50. The van der Waals surface area contributed by atoms with Crippen LogP contribution in [0.4, 0.5) is 5.69 Å². The van der Waals surface area contributed by atoms with Gasteiger partial charge in [0.1, 0.15) is 17.3 Å². The van der Waals surface area contributed by atoms with Crippen LogP contribution in [-0.4, -0.2) is 59.2 Å². The fourth-order valence-corrected chi connectivity index (χ4v) is 6.29. The number of carbonyl (C=O) groups excluding carboxylic acids is 2. The maximum atomic E-state index is 13.6. The van der Waals surface area contributed by atoms with Gasteiger partial charge in [-0.1, -0.05) is 12.2 Å². The van der Waals surface area contributed by atoms with Gasteiger partial charge in [-0.2, -0.15) is 0 Å². The van der Waals surface area contributed by atoms with E-state index in [1.807, 2.05) is 23.1 Å². The SMILES string of the molecule is COc1ccc2c(c1)[C@@H](N1CCCC1=O)C[C@@H]1N2C(=O)[C@@H]2[C@H](C(=O)O)[C@H]3C=C[C@]21O3. The Bertz CT molecular complexity index is 1020. The maximum Gasteiger partial charge on any atom is 0.310 e. The minimum Gasteiger partial charge on any atom is -0.497 e. The summed E-state index contributed by atoms with van der Waals surface area (Å²) >= 11 is 0. The summed E-state index contributed by atoms with van der Waals surface area (Å²) in [5, 5.41) is 9.80. The van der Waals surface area contributed by atoms with Crippen LogP contribution in [0, 0.1) is 11.8 Å². The lowest BCUT2D eigenvalue weighted by molar-refractivity contribution is -0.146. The number of hydrogen-bond acceptors (Lipinski definition) is 5. The zero-order valence-corrected chi connectivity index (χ0v) is 16.5. The van der Waals surface area contributed by atoms with Crippen LogP contribution in [0.2, 0.25) is 0 Å². The molecular formula is C22H22N2O6. The summed E-state index contributed by atoms with van der Waals surface area (Å²) in [6.45, 7) is 0.675. The summed E-state index contributed by atoms with van der Waals surface area (Å²) in [6.07, 6.45) is 4.94. The van der Waals surface area contributed by atoms with Gasteiger partial charge in [0.15, 0.2) is 0 Å². The molecule has 1 N–H and O–H groups in total. The number of carboxylic acid groups (broad SMARTS) is 1. The van der Waals surface area contributed by atoms with Gasteiger partial charge < -0.3 is 24.4 Å². The largest absolute Gasteiger partial charge is 0.497 e. The maximum absolute atomic E-state index is 13.6. The average Bonchev–Trinajstić information content (AvgIpc) is 3.48. The molecule has 2 amide bonds. The number of benzene rings is 1. The van der Waals surface area contributed by atoms with Crippen LogP contribution in [0.15, 0.2) is 30.4 Å². The van der Waals surface area contributed by atoms with Crippen LogP contribution in [0.5, 0.6) is 5.75 Å². The van der Waals surface area contributed by atoms with Gasteiger partial charge in [-0.3, -0.25) is 14.4 Å². The third-order valence-corrected chi connectivity index (χ3v) is 7.49. The normalized spacial score (nSPS) is 38.1. The van der Waals surface area contributed by atoms with Crippen molar-refractivity contribution in [3.63, 3.8) is 0 Å². The van der Waals surface area contributed by atoms with Gasteiger partial charge in [0.05, 0.1) is 31.2 Å². The molecule has 30 heavy (non-hydrogen) atoms. The van der Waals surface area contributed by atoms with Crippen molar-refractivity contribution >= 4 is 23.5 Å². The van der Waals surface area contributed by atoms with E-state index in [1.165, 1.54) is 0 Å². The van der Waals surface area contributed by atoms with Gasteiger partial charge in [0, 0.05) is 24.2 Å². The van der Waals surface area contributed by atoms with Gasteiger partial charge in [-0.05, 0) is 31.0 Å². The van der Waals surface area contributed by atoms with E-state index >= 15 is 0 Å². The van der Waals surface area contributed by atoms with E-state index in [0.29, 0.717) is 25.1 Å². The van der Waals surface area contributed by atoms with Crippen molar-refractivity contribution in [2.75, 3.05) is 18.6 Å². The number of carboxylic acids is 1. The van der Waals surface area contributed by atoms with E-state index in [-0.39, 0.29) is 23.9 Å². The zero-order valence-electron chi connectivity index (χ0n) is 16.5. The molecule has 0 saturated carbocycles. The molecule has 2 bridgehead atoms. The van der Waals surface area contributed by atoms with Crippen LogP contribution >= 0.6 is 0 Å². The van der Waals surface area contributed by atoms with Crippen molar-refractivity contribution in [3.05, 3.63) is 35.9 Å². The Hall–Kier alpha value is -2.87. The van der Waals surface area contributed by atoms with Crippen LogP contribution in [0.25, 0.3) is 0 Å². The smallest absolute Gasteiger partial charge is 0.310 e. The van der Waals surface area contributed by atoms with Gasteiger partial charge >= 0.3 is 5.97 Å². The predicted molar refractivity (Wildman–Crippen MR) is 104 cm³/mol. The quantitative estimate of drug-likeness (QED) is 0.759. The minimum atomic E-state index is -1.01. The highest BCUT2D eigenvalue weighted by atomic mass is 16.5. The number of fused-ring (bicyclic) bond motifs is 4. The summed E-state index contributed by atoms with van der Waals surface area (Å²) in [7, 11) is 1.59. The first kappa shape index (κ1) is 17.9. The first-order valence-electron chi connectivity index (χ1n) is 10.4. The van der Waals surface area contributed by atoms with Crippen molar-refractivity contribution < 1.29 is 29.0 Å². The number of hydrogen-bond donors (Lipinski definition) is 1. The molecule has 0 aromatic heterocycles. The zero-order chi connectivity index (χ0) is 20.8. The van der Waals surface area contributed by atoms with Crippen LogP contribution in [0.1, 0.15) is 30.9 Å². The fourth-order valence-electron chi connectivity index (χ4n) is 6.29. The summed E-state index contributed by atoms with van der Waals surface area (Å²) in [6, 6.07) is 4.98. The van der Waals surface area contributed by atoms with Crippen molar-refractivity contribution in [2.45, 2.75) is 43.1 Å². The van der Waals surface area contributed by atoms with E-state index < -0.39 is 29.5 Å². The van der Waals surface area contributed by atoms with Gasteiger partial charge in [-0.25, -0.2) is 0 Å². The average molecular weight is 410 g/mol. The van der Waals surface area contributed by atoms with Gasteiger partial charge in [-0.15, -0.1) is 0 Å². The van der Waals surface area contributed by atoms with Crippen molar-refractivity contribution in [1.29, 1.82) is 0 Å². The molecule has 1 spiro atoms. The van der Waals surface area contributed by atoms with E-state index in [0.717, 1.165) is 17.7 Å². The van der Waals surface area contributed by atoms with Crippen molar-refractivity contribution in [3.8, 4) is 5.75 Å². The summed E-state index contributed by atoms with van der Waals surface area (Å²) in [5.41, 5.74) is 0.634. The molecule has 1 aromatic rings. The highest BCUT2D eigenvalue weighted by Crippen LogP contribution is 2.60. The van der Waals surface area contributed by atoms with Crippen molar-refractivity contribution in [2.24, 2.45) is 11.8 Å². The molecule has 5 aliphatic heterocycles. The summed E-state index contributed by atoms with van der Waals surface area (Å²) in [4.78, 5) is 41.8. The second kappa shape index (κ2) is 5.85. The lowest BCUT2D eigenvalue weighted by atomic mass is 9.73. The van der Waals surface area contributed by atoms with Crippen LogP contribution < -0.4 is 9.64 Å². The van der Waals surface area contributed by atoms with Gasteiger partial charge in [0.2, 0.25) is 11.8 Å². The number of nitrogens with zero attached hydrogens (tertiary/aromatic N) is 2. The number of ether oxygens (including phenoxy) is 2. The Kier molecular flexibility index (Phi) is 3.50. The van der Waals surface area contributed by atoms with Crippen LogP contribution in [-0.2, 0) is 19.1 Å². The minimum absolute atomic E-state index is 0.108. The standard InChI is InChI=1S/C22H22N2O6/c1-29-11-4-5-13-12(9-11)14(23-8-2-3-17(23)25)10-16-22-7-6-15(30-22)18(21(27)28)19(22)20(26)24(13)16/h4-7,9,14-16,18-19H,2-3,8,10H2,1H3,(H,27,28)/t14-,15+,16-,18+,19-,22+/m0/s1. The highest BCUT2D eigenvalue weighted by molar-refractivity contribution is 6.04. The van der Waals surface area contributed by atoms with Crippen LogP contribution in [0.3, 0.4) is 0 Å². The second-order valence-electron chi connectivity index (χ2n) is 8.73. The summed E-state index contributed by atoms with van der Waals surface area (Å²) in [5.74, 6) is -2.09. The Morgan fingerprint density at radius 3 is 2.87 bits per heavy atom. The van der Waals surface area contributed by atoms with E-state index in [1.54, 1.807) is 24.2 Å². The van der Waals surface area contributed by atoms with E-state index in [9.17, 15) is 19.5 Å². The number of aliphatic carboxylic acids is 1. The first-order valence-corrected chi connectivity index (χ1v) is 10.4. The highest BCUT2D eigenvalue weighted by Gasteiger charge is 2.72. The second-order valence-corrected chi connectivity index (χ2v) is 8.73. The molecule has 0 radical (unpaired) electrons. The van der Waals surface area contributed by atoms with E-state index in [2.05, 4.69) is 0 Å². The Morgan fingerprint density at radius 1 is 1.33 bits per heavy atom. The third kappa shape index (κ3) is 2.02. The van der Waals surface area contributed by atoms with Gasteiger partial charge in [0.25, 0.3) is 0 Å². The number of carbonyl (C=O) groups is 3. The molecule has 8 nitrogen and oxygen atoms in total. The molecule has 5 aliphatic rings. The topological polar surface area (TPSA) is 96.4 Å². The predicted octanol–water partition coefficient (Wildman–Crippen LogP) is 1.50. The molecule has 0 aliphatic carbocycles. The lowest BCUT2D eigenvalue weighted by Gasteiger charge is -2.44. The molecule has 5 heterocycles. The Labute approximate surface area is 173 Å². The molecular weight excluding hydrogens is 388 g/mol. The first-order chi connectivity index (χ1) is 14.5. The number of rotatable bonds is 3. The molecule has 3 fully saturated rings. The number of anilines is 1. The van der Waals surface area contributed by atoms with Crippen molar-refractivity contribution in [1.82, 2.24) is 4.90 Å². The molecule has 3 saturated heterocycles. The molecule has 0 unspecified atom stereocenters. The third-order valence-electron chi connectivity index (χ3n) is 7.49. The molecule has 1 aromatic carbocycles.